The van der Waals surface area contributed by atoms with Crippen LogP contribution in [0.2, 0.25) is 0 Å². The summed E-state index contributed by atoms with van der Waals surface area (Å²) in [5, 5.41) is 2.85. The van der Waals surface area contributed by atoms with Crippen LogP contribution in [0.25, 0.3) is 0 Å². The molecule has 0 aliphatic heterocycles. The van der Waals surface area contributed by atoms with Gasteiger partial charge in [-0.15, -0.1) is 0 Å². The summed E-state index contributed by atoms with van der Waals surface area (Å²) < 4.78 is 13.4. The molecule has 1 heterocycles. The lowest BCUT2D eigenvalue weighted by Gasteiger charge is -2.40. The molecular formula is C16H16FN3O. The zero-order valence-electron chi connectivity index (χ0n) is 11.5. The van der Waals surface area contributed by atoms with E-state index < -0.39 is 5.41 Å². The van der Waals surface area contributed by atoms with Crippen molar-refractivity contribution < 1.29 is 9.18 Å². The Balaban J connectivity index is 1.85. The van der Waals surface area contributed by atoms with E-state index in [1.165, 1.54) is 18.3 Å². The third-order valence-corrected chi connectivity index (χ3v) is 4.06. The number of hydrogen-bond acceptors (Lipinski definition) is 3. The van der Waals surface area contributed by atoms with Crippen molar-refractivity contribution in [3.8, 4) is 0 Å². The van der Waals surface area contributed by atoms with Gasteiger partial charge in [0.15, 0.2) is 0 Å². The highest BCUT2D eigenvalue weighted by atomic mass is 19.1. The molecule has 5 heteroatoms. The van der Waals surface area contributed by atoms with Crippen molar-refractivity contribution >= 4 is 17.4 Å². The van der Waals surface area contributed by atoms with E-state index in [2.05, 4.69) is 10.3 Å². The number of benzene rings is 1. The summed E-state index contributed by atoms with van der Waals surface area (Å²) in [6.07, 6.45) is 3.93. The molecule has 1 aliphatic rings. The van der Waals surface area contributed by atoms with E-state index >= 15 is 0 Å². The van der Waals surface area contributed by atoms with Crippen molar-refractivity contribution in [1.29, 1.82) is 0 Å². The van der Waals surface area contributed by atoms with Crippen LogP contribution in [0.3, 0.4) is 0 Å². The van der Waals surface area contributed by atoms with Crippen LogP contribution in [-0.2, 0) is 10.2 Å². The highest BCUT2D eigenvalue weighted by molar-refractivity contribution is 5.99. The van der Waals surface area contributed by atoms with E-state index in [9.17, 15) is 9.18 Å². The molecule has 2 aromatic rings. The third kappa shape index (κ3) is 2.46. The summed E-state index contributed by atoms with van der Waals surface area (Å²) in [6, 6.07) is 9.62. The molecule has 0 atom stereocenters. The second kappa shape index (κ2) is 5.16. The highest BCUT2D eigenvalue weighted by Crippen LogP contribution is 2.44. The van der Waals surface area contributed by atoms with Crippen LogP contribution in [-0.4, -0.2) is 10.9 Å². The zero-order chi connectivity index (χ0) is 14.9. The second-order valence-corrected chi connectivity index (χ2v) is 5.37. The minimum Gasteiger partial charge on any atom is -0.384 e. The molecule has 0 radical (unpaired) electrons. The smallest absolute Gasteiger partial charge is 0.235 e. The molecule has 0 unspecified atom stereocenters. The Morgan fingerprint density at radius 1 is 1.29 bits per heavy atom. The maximum atomic E-state index is 13.4. The zero-order valence-corrected chi connectivity index (χ0v) is 11.5. The summed E-state index contributed by atoms with van der Waals surface area (Å²) in [7, 11) is 0. The number of nitrogens with two attached hydrogens (primary N) is 1. The lowest BCUT2D eigenvalue weighted by atomic mass is 9.63. The molecule has 4 nitrogen and oxygen atoms in total. The van der Waals surface area contributed by atoms with Crippen molar-refractivity contribution in [2.45, 2.75) is 24.7 Å². The Labute approximate surface area is 122 Å². The van der Waals surface area contributed by atoms with Crippen LogP contribution < -0.4 is 11.1 Å². The van der Waals surface area contributed by atoms with E-state index in [4.69, 9.17) is 5.73 Å². The van der Waals surface area contributed by atoms with Crippen LogP contribution in [0.5, 0.6) is 0 Å². The van der Waals surface area contributed by atoms with Gasteiger partial charge in [0.25, 0.3) is 0 Å². The number of carbonyl (C=O) groups is 1. The van der Waals surface area contributed by atoms with Gasteiger partial charge in [-0.1, -0.05) is 18.6 Å². The fourth-order valence-electron chi connectivity index (χ4n) is 2.69. The molecule has 1 aliphatic carbocycles. The molecule has 1 aromatic carbocycles. The molecule has 3 rings (SSSR count). The standard InChI is InChI=1S/C16H16FN3O/c17-12-4-1-3-11(9-12)16(7-2-8-16)15(21)20-13-5-6-14(18)19-10-13/h1,3-6,9-10H,2,7-8H2,(H2,18,19)(H,20,21). The van der Waals surface area contributed by atoms with Crippen molar-refractivity contribution in [3.05, 3.63) is 54.0 Å². The molecule has 0 spiro atoms. The van der Waals surface area contributed by atoms with Gasteiger partial charge in [0.05, 0.1) is 17.3 Å². The maximum Gasteiger partial charge on any atom is 0.235 e. The molecule has 3 N–H and O–H groups in total. The first-order chi connectivity index (χ1) is 10.1. The van der Waals surface area contributed by atoms with Gasteiger partial charge in [-0.3, -0.25) is 4.79 Å². The molecule has 108 valence electrons. The van der Waals surface area contributed by atoms with Gasteiger partial charge in [0.1, 0.15) is 11.6 Å². The number of halogens is 1. The van der Waals surface area contributed by atoms with Crippen LogP contribution in [0.4, 0.5) is 15.9 Å². The molecular weight excluding hydrogens is 269 g/mol. The Kier molecular flexibility index (Phi) is 3.33. The number of nitrogens with zero attached hydrogens (tertiary/aromatic N) is 1. The lowest BCUT2D eigenvalue weighted by Crippen LogP contribution is -2.46. The molecule has 1 saturated carbocycles. The summed E-state index contributed by atoms with van der Waals surface area (Å²) in [5.41, 5.74) is 6.21. The number of nitrogens with one attached hydrogen (secondary N) is 1. The molecule has 1 amide bonds. The second-order valence-electron chi connectivity index (χ2n) is 5.37. The number of amides is 1. The average molecular weight is 285 g/mol. The average Bonchev–Trinajstić information content (AvgIpc) is 2.40. The van der Waals surface area contributed by atoms with Crippen molar-refractivity contribution in [2.24, 2.45) is 0 Å². The van der Waals surface area contributed by atoms with Gasteiger partial charge >= 0.3 is 0 Å². The van der Waals surface area contributed by atoms with Crippen LogP contribution in [0.15, 0.2) is 42.6 Å². The highest BCUT2D eigenvalue weighted by Gasteiger charge is 2.45. The van der Waals surface area contributed by atoms with Gasteiger partial charge in [0, 0.05) is 0 Å². The maximum absolute atomic E-state index is 13.4. The van der Waals surface area contributed by atoms with E-state index in [1.807, 2.05) is 6.07 Å². The van der Waals surface area contributed by atoms with Gasteiger partial charge in [-0.25, -0.2) is 9.37 Å². The molecule has 0 bridgehead atoms. The first-order valence-electron chi connectivity index (χ1n) is 6.89. The predicted octanol–water partition coefficient (Wildman–Crippen LogP) is 2.86. The molecule has 21 heavy (non-hydrogen) atoms. The normalized spacial score (nSPS) is 16.0. The lowest BCUT2D eigenvalue weighted by molar-refractivity contribution is -0.124. The van der Waals surface area contributed by atoms with Crippen LogP contribution >= 0.6 is 0 Å². The molecule has 1 fully saturated rings. The van der Waals surface area contributed by atoms with Gasteiger partial charge in [-0.2, -0.15) is 0 Å². The summed E-state index contributed by atoms with van der Waals surface area (Å²) in [5.74, 6) is -0.0388. The summed E-state index contributed by atoms with van der Waals surface area (Å²) >= 11 is 0. The predicted molar refractivity (Wildman–Crippen MR) is 79.2 cm³/mol. The first kappa shape index (κ1) is 13.5. The van der Waals surface area contributed by atoms with E-state index in [0.29, 0.717) is 11.5 Å². The number of anilines is 2. The fourth-order valence-corrected chi connectivity index (χ4v) is 2.69. The van der Waals surface area contributed by atoms with Gasteiger partial charge in [-0.05, 0) is 42.7 Å². The quantitative estimate of drug-likeness (QED) is 0.911. The minimum absolute atomic E-state index is 0.120. The number of nitrogen functional groups attached to an aromatic ring is 1. The van der Waals surface area contributed by atoms with E-state index in [0.717, 1.165) is 24.8 Å². The van der Waals surface area contributed by atoms with Crippen molar-refractivity contribution in [3.63, 3.8) is 0 Å². The first-order valence-corrected chi connectivity index (χ1v) is 6.89. The summed E-state index contributed by atoms with van der Waals surface area (Å²) in [6.45, 7) is 0. The van der Waals surface area contributed by atoms with E-state index in [1.54, 1.807) is 18.2 Å². The van der Waals surface area contributed by atoms with Gasteiger partial charge < -0.3 is 11.1 Å². The minimum atomic E-state index is -0.635. The van der Waals surface area contributed by atoms with Crippen LogP contribution in [0.1, 0.15) is 24.8 Å². The van der Waals surface area contributed by atoms with Crippen molar-refractivity contribution in [1.82, 2.24) is 4.98 Å². The Hall–Kier alpha value is -2.43. The summed E-state index contributed by atoms with van der Waals surface area (Å²) in [4.78, 5) is 16.6. The fraction of sp³-hybridized carbons (Fsp3) is 0.250. The number of aromatic nitrogens is 1. The number of carbonyl (C=O) groups excluding carboxylic acids is 1. The topological polar surface area (TPSA) is 68.0 Å². The Morgan fingerprint density at radius 3 is 2.67 bits per heavy atom. The van der Waals surface area contributed by atoms with Gasteiger partial charge in [0.2, 0.25) is 5.91 Å². The molecule has 1 aromatic heterocycles. The molecule has 0 saturated heterocycles. The third-order valence-electron chi connectivity index (χ3n) is 4.06. The Morgan fingerprint density at radius 2 is 2.10 bits per heavy atom. The Bertz CT molecular complexity index is 665. The largest absolute Gasteiger partial charge is 0.384 e. The number of pyridine rings is 1. The number of hydrogen-bond donors (Lipinski definition) is 2. The van der Waals surface area contributed by atoms with E-state index in [-0.39, 0.29) is 11.7 Å². The SMILES string of the molecule is Nc1ccc(NC(=O)C2(c3cccc(F)c3)CCC2)cn1. The monoisotopic (exact) mass is 285 g/mol. The van der Waals surface area contributed by atoms with Crippen molar-refractivity contribution in [2.75, 3.05) is 11.1 Å². The van der Waals surface area contributed by atoms with Crippen LogP contribution in [0, 0.1) is 5.82 Å². The number of rotatable bonds is 3.